The van der Waals surface area contributed by atoms with Gasteiger partial charge in [0.05, 0.1) is 16.6 Å². The molecule has 1 aliphatic carbocycles. The SMILES string of the molecule is Cc1ccc(N)c(NS(=O)(=O)C2CCCCC2)c1. The van der Waals surface area contributed by atoms with Gasteiger partial charge in [0.1, 0.15) is 0 Å². The smallest absolute Gasteiger partial charge is 0.235 e. The van der Waals surface area contributed by atoms with Gasteiger partial charge in [-0.1, -0.05) is 25.3 Å². The first-order valence-corrected chi connectivity index (χ1v) is 7.91. The highest BCUT2D eigenvalue weighted by Gasteiger charge is 2.27. The minimum absolute atomic E-state index is 0.272. The van der Waals surface area contributed by atoms with Crippen molar-refractivity contribution in [1.82, 2.24) is 0 Å². The lowest BCUT2D eigenvalue weighted by Crippen LogP contribution is -2.30. The van der Waals surface area contributed by atoms with E-state index in [1.165, 1.54) is 0 Å². The van der Waals surface area contributed by atoms with Gasteiger partial charge in [-0.3, -0.25) is 4.72 Å². The molecule has 0 amide bonds. The predicted molar refractivity (Wildman–Crippen MR) is 75.0 cm³/mol. The Morgan fingerprint density at radius 3 is 2.56 bits per heavy atom. The van der Waals surface area contributed by atoms with Crippen molar-refractivity contribution in [2.45, 2.75) is 44.3 Å². The number of sulfonamides is 1. The maximum atomic E-state index is 12.3. The third-order valence-corrected chi connectivity index (χ3v) is 5.31. The van der Waals surface area contributed by atoms with Gasteiger partial charge < -0.3 is 5.73 Å². The zero-order valence-electron chi connectivity index (χ0n) is 10.6. The summed E-state index contributed by atoms with van der Waals surface area (Å²) in [5, 5.41) is -0.272. The van der Waals surface area contributed by atoms with E-state index in [9.17, 15) is 8.42 Å². The summed E-state index contributed by atoms with van der Waals surface area (Å²) in [6.45, 7) is 1.91. The van der Waals surface area contributed by atoms with E-state index in [1.54, 1.807) is 12.1 Å². The molecule has 1 aromatic rings. The minimum atomic E-state index is -3.31. The van der Waals surface area contributed by atoms with E-state index >= 15 is 0 Å². The molecule has 0 aromatic heterocycles. The molecule has 0 bridgehead atoms. The fourth-order valence-electron chi connectivity index (χ4n) is 2.37. The molecule has 100 valence electrons. The van der Waals surface area contributed by atoms with Crippen LogP contribution in [-0.2, 0) is 10.0 Å². The van der Waals surface area contributed by atoms with Gasteiger partial charge in [-0.25, -0.2) is 8.42 Å². The lowest BCUT2D eigenvalue weighted by molar-refractivity contribution is 0.486. The number of hydrogen-bond acceptors (Lipinski definition) is 3. The summed E-state index contributed by atoms with van der Waals surface area (Å²) in [5.74, 6) is 0. The van der Waals surface area contributed by atoms with Crippen molar-refractivity contribution in [3.8, 4) is 0 Å². The van der Waals surface area contributed by atoms with Gasteiger partial charge in [-0.2, -0.15) is 0 Å². The van der Waals surface area contributed by atoms with Crippen LogP contribution >= 0.6 is 0 Å². The molecule has 2 rings (SSSR count). The van der Waals surface area contributed by atoms with Crippen LogP contribution in [0.1, 0.15) is 37.7 Å². The van der Waals surface area contributed by atoms with Crippen molar-refractivity contribution in [2.24, 2.45) is 0 Å². The van der Waals surface area contributed by atoms with Crippen LogP contribution in [-0.4, -0.2) is 13.7 Å². The van der Waals surface area contributed by atoms with Crippen molar-refractivity contribution in [1.29, 1.82) is 0 Å². The van der Waals surface area contributed by atoms with Crippen LogP contribution in [0.25, 0.3) is 0 Å². The minimum Gasteiger partial charge on any atom is -0.397 e. The Hall–Kier alpha value is -1.23. The monoisotopic (exact) mass is 268 g/mol. The summed E-state index contributed by atoms with van der Waals surface area (Å²) in [6, 6.07) is 5.37. The van der Waals surface area contributed by atoms with Gasteiger partial charge in [-0.05, 0) is 37.5 Å². The number of anilines is 2. The van der Waals surface area contributed by atoms with Crippen molar-refractivity contribution in [3.05, 3.63) is 23.8 Å². The highest BCUT2D eigenvalue weighted by Crippen LogP contribution is 2.27. The highest BCUT2D eigenvalue weighted by atomic mass is 32.2. The molecular formula is C13H20N2O2S. The standard InChI is InChI=1S/C13H20N2O2S/c1-10-7-8-12(14)13(9-10)15-18(16,17)11-5-3-2-4-6-11/h7-9,11,15H,2-6,14H2,1H3. The number of nitrogen functional groups attached to an aromatic ring is 1. The summed E-state index contributed by atoms with van der Waals surface area (Å²) in [4.78, 5) is 0. The van der Waals surface area contributed by atoms with Crippen LogP contribution in [0.2, 0.25) is 0 Å². The second kappa shape index (κ2) is 5.18. The van der Waals surface area contributed by atoms with Crippen LogP contribution in [0.3, 0.4) is 0 Å². The molecule has 0 saturated heterocycles. The molecule has 4 nitrogen and oxygen atoms in total. The van der Waals surface area contributed by atoms with E-state index in [4.69, 9.17) is 5.73 Å². The largest absolute Gasteiger partial charge is 0.397 e. The number of aryl methyl sites for hydroxylation is 1. The number of hydrogen-bond donors (Lipinski definition) is 2. The molecule has 1 aliphatic rings. The molecule has 1 fully saturated rings. The van der Waals surface area contributed by atoms with Gasteiger partial charge in [-0.15, -0.1) is 0 Å². The van der Waals surface area contributed by atoms with E-state index in [1.807, 2.05) is 13.0 Å². The van der Waals surface area contributed by atoms with Crippen molar-refractivity contribution in [3.63, 3.8) is 0 Å². The van der Waals surface area contributed by atoms with Crippen molar-refractivity contribution in [2.75, 3.05) is 10.5 Å². The summed E-state index contributed by atoms with van der Waals surface area (Å²) in [5.41, 5.74) is 7.76. The molecule has 0 aliphatic heterocycles. The Morgan fingerprint density at radius 2 is 1.89 bits per heavy atom. The van der Waals surface area contributed by atoms with E-state index in [0.29, 0.717) is 11.4 Å². The number of rotatable bonds is 3. The first-order chi connectivity index (χ1) is 8.49. The van der Waals surface area contributed by atoms with Gasteiger partial charge >= 0.3 is 0 Å². The Balaban J connectivity index is 2.18. The lowest BCUT2D eigenvalue weighted by atomic mass is 10.0. The molecule has 5 heteroatoms. The summed E-state index contributed by atoms with van der Waals surface area (Å²) >= 11 is 0. The molecule has 0 radical (unpaired) electrons. The normalized spacial score (nSPS) is 17.6. The maximum absolute atomic E-state index is 12.3. The van der Waals surface area contributed by atoms with E-state index in [0.717, 1.165) is 37.7 Å². The Labute approximate surface area is 109 Å². The molecule has 0 heterocycles. The fraction of sp³-hybridized carbons (Fsp3) is 0.538. The Bertz CT molecular complexity index is 520. The Kier molecular flexibility index (Phi) is 3.80. The van der Waals surface area contributed by atoms with Crippen molar-refractivity contribution >= 4 is 21.4 Å². The molecule has 18 heavy (non-hydrogen) atoms. The highest BCUT2D eigenvalue weighted by molar-refractivity contribution is 7.93. The second-order valence-electron chi connectivity index (χ2n) is 5.00. The van der Waals surface area contributed by atoms with Crippen LogP contribution < -0.4 is 10.5 Å². The van der Waals surface area contributed by atoms with E-state index < -0.39 is 10.0 Å². The fourth-order valence-corrected chi connectivity index (χ4v) is 3.97. The third-order valence-electron chi connectivity index (χ3n) is 3.45. The third kappa shape index (κ3) is 2.96. The maximum Gasteiger partial charge on any atom is 0.235 e. The van der Waals surface area contributed by atoms with Crippen molar-refractivity contribution < 1.29 is 8.42 Å². The molecule has 1 saturated carbocycles. The van der Waals surface area contributed by atoms with Gasteiger partial charge in [0.15, 0.2) is 0 Å². The van der Waals surface area contributed by atoms with Crippen LogP contribution in [0, 0.1) is 6.92 Å². The van der Waals surface area contributed by atoms with Gasteiger partial charge in [0, 0.05) is 0 Å². The Morgan fingerprint density at radius 1 is 1.22 bits per heavy atom. The molecule has 1 aromatic carbocycles. The summed E-state index contributed by atoms with van der Waals surface area (Å²) in [6.07, 6.45) is 4.63. The number of nitrogens with two attached hydrogens (primary N) is 1. The van der Waals surface area contributed by atoms with E-state index in [-0.39, 0.29) is 5.25 Å². The van der Waals surface area contributed by atoms with Crippen LogP contribution in [0.15, 0.2) is 18.2 Å². The average Bonchev–Trinajstić information content (AvgIpc) is 2.35. The molecule has 0 unspecified atom stereocenters. The second-order valence-corrected chi connectivity index (χ2v) is 6.96. The quantitative estimate of drug-likeness (QED) is 0.828. The lowest BCUT2D eigenvalue weighted by Gasteiger charge is -2.23. The van der Waals surface area contributed by atoms with Crippen LogP contribution in [0.5, 0.6) is 0 Å². The zero-order chi connectivity index (χ0) is 13.2. The summed E-state index contributed by atoms with van der Waals surface area (Å²) < 4.78 is 27.1. The summed E-state index contributed by atoms with van der Waals surface area (Å²) in [7, 11) is -3.31. The molecular weight excluding hydrogens is 248 g/mol. The van der Waals surface area contributed by atoms with E-state index in [2.05, 4.69) is 4.72 Å². The van der Waals surface area contributed by atoms with Crippen LogP contribution in [0.4, 0.5) is 11.4 Å². The number of nitrogens with one attached hydrogen (secondary N) is 1. The first kappa shape index (κ1) is 13.2. The predicted octanol–water partition coefficient (Wildman–Crippen LogP) is 2.65. The molecule has 0 spiro atoms. The molecule has 0 atom stereocenters. The zero-order valence-corrected chi connectivity index (χ0v) is 11.5. The first-order valence-electron chi connectivity index (χ1n) is 6.37. The molecule has 3 N–H and O–H groups in total. The number of benzene rings is 1. The van der Waals surface area contributed by atoms with Gasteiger partial charge in [0.25, 0.3) is 0 Å². The topological polar surface area (TPSA) is 72.2 Å². The van der Waals surface area contributed by atoms with Gasteiger partial charge in [0.2, 0.25) is 10.0 Å². The average molecular weight is 268 g/mol.